The molecule has 14 aromatic rings. The van der Waals surface area contributed by atoms with Crippen LogP contribution in [0.25, 0.3) is 98.4 Å². The topological polar surface area (TPSA) is 25.6 Å². The van der Waals surface area contributed by atoms with Gasteiger partial charge in [-0.1, -0.05) is 222 Å². The summed E-state index contributed by atoms with van der Waals surface area (Å²) in [5.41, 5.74) is 13.7. The van der Waals surface area contributed by atoms with Crippen molar-refractivity contribution in [1.82, 2.24) is 0 Å². The second-order valence-corrected chi connectivity index (χ2v) is 20.0. The number of hydrogen-bond acceptors (Lipinski definition) is 3. The van der Waals surface area contributed by atoms with Gasteiger partial charge in [-0.3, -0.25) is 0 Å². The summed E-state index contributed by atoms with van der Waals surface area (Å²) in [6.07, 6.45) is 0. The minimum atomic E-state index is -0.370. The van der Waals surface area contributed by atoms with Crippen molar-refractivity contribution in [1.29, 1.82) is 0 Å². The van der Waals surface area contributed by atoms with E-state index in [1.54, 1.807) is 6.07 Å². The van der Waals surface area contributed by atoms with Gasteiger partial charge in [-0.2, -0.15) is 0 Å². The fraction of sp³-hybridized carbons (Fsp3) is 0.0141. The van der Waals surface area contributed by atoms with E-state index in [1.807, 2.05) is 95.9 Å². The molecule has 0 bridgehead atoms. The normalized spacial score (nSPS) is 11.9. The molecule has 2 heterocycles. The number of nitrogens with zero attached hydrogens (tertiary/aromatic N) is 1. The fourth-order valence-corrected chi connectivity index (χ4v) is 12.3. The van der Waals surface area contributed by atoms with Crippen LogP contribution in [0.4, 0.5) is 21.5 Å². The molecule has 0 amide bonds. The highest BCUT2D eigenvalue weighted by Gasteiger charge is 2.31. The lowest BCUT2D eigenvalue weighted by Crippen LogP contribution is -2.53. The van der Waals surface area contributed by atoms with Crippen LogP contribution < -0.4 is 26.0 Å². The smallest absolute Gasteiger partial charge is 0.243 e. The third-order valence-corrected chi connectivity index (χ3v) is 15.8. The number of aryl methyl sites for hydroxylation is 1. The van der Waals surface area contributed by atoms with Crippen molar-refractivity contribution in [3.63, 3.8) is 0 Å². The number of halogens is 1. The highest BCUT2D eigenvalue weighted by Crippen LogP contribution is 2.53. The third kappa shape index (κ3) is 6.89. The van der Waals surface area contributed by atoms with E-state index in [4.69, 9.17) is 9.15 Å². The van der Waals surface area contributed by atoms with E-state index < -0.39 is 0 Å². The summed E-state index contributed by atoms with van der Waals surface area (Å²) in [5, 5.41) is 11.3. The average molecular weight is 974 g/mol. The Kier molecular flexibility index (Phi) is 10.1. The lowest BCUT2D eigenvalue weighted by Gasteiger charge is -2.30. The number of para-hydroxylation sites is 2. The first-order valence-corrected chi connectivity index (χ1v) is 26.0. The average Bonchev–Trinajstić information content (AvgIpc) is 3.94. The van der Waals surface area contributed by atoms with E-state index in [1.165, 1.54) is 54.3 Å². The van der Waals surface area contributed by atoms with Gasteiger partial charge >= 0.3 is 0 Å². The molecule has 0 unspecified atom stereocenters. The number of furan rings is 1. The number of anilines is 3. The van der Waals surface area contributed by atoms with Crippen molar-refractivity contribution >= 4 is 105 Å². The molecule has 1 aliphatic heterocycles. The Morgan fingerprint density at radius 2 is 1.04 bits per heavy atom. The van der Waals surface area contributed by atoms with E-state index in [2.05, 4.69) is 165 Å². The quantitative estimate of drug-likeness (QED) is 0.112. The molecule has 0 radical (unpaired) electrons. The largest absolute Gasteiger partial charge is 0.456 e. The van der Waals surface area contributed by atoms with Gasteiger partial charge in [0.25, 0.3) is 0 Å². The van der Waals surface area contributed by atoms with Gasteiger partial charge < -0.3 is 14.1 Å². The van der Waals surface area contributed by atoms with Gasteiger partial charge in [-0.25, -0.2) is 4.39 Å². The summed E-state index contributed by atoms with van der Waals surface area (Å²) < 4.78 is 31.8. The maximum absolute atomic E-state index is 17.9. The maximum Gasteiger partial charge on any atom is 0.243 e. The lowest BCUT2D eigenvalue weighted by molar-refractivity contribution is 0.487. The van der Waals surface area contributed by atoms with E-state index in [9.17, 15) is 0 Å². The molecule has 3 nitrogen and oxygen atoms in total. The Labute approximate surface area is 439 Å². The third-order valence-electron chi connectivity index (χ3n) is 15.8. The van der Waals surface area contributed by atoms with E-state index >= 15 is 4.39 Å². The highest BCUT2D eigenvalue weighted by atomic mass is 19.1. The molecule has 0 N–H and O–H groups in total. The van der Waals surface area contributed by atoms with Gasteiger partial charge in [-0.05, 0) is 115 Å². The molecule has 356 valence electrons. The molecule has 0 atom stereocenters. The number of benzene rings is 13. The zero-order valence-corrected chi connectivity index (χ0v) is 41.5. The molecule has 1 aromatic heterocycles. The van der Waals surface area contributed by atoms with Crippen LogP contribution in [0.2, 0.25) is 0 Å². The maximum atomic E-state index is 17.9. The van der Waals surface area contributed by atoms with Gasteiger partial charge in [0.05, 0.1) is 17.1 Å². The number of hydrogen-bond donors (Lipinski definition) is 0. The Morgan fingerprint density at radius 1 is 0.395 bits per heavy atom. The number of rotatable bonds is 8. The molecule has 0 saturated carbocycles. The van der Waals surface area contributed by atoms with Gasteiger partial charge in [0.2, 0.25) is 6.71 Å². The molecule has 0 fully saturated rings. The summed E-state index contributed by atoms with van der Waals surface area (Å²) in [6.45, 7) is 2.19. The van der Waals surface area contributed by atoms with Crippen LogP contribution in [-0.2, 0) is 0 Å². The second kappa shape index (κ2) is 17.5. The van der Waals surface area contributed by atoms with Crippen LogP contribution in [0.1, 0.15) is 5.56 Å². The van der Waals surface area contributed by atoms with Crippen LogP contribution in [0.15, 0.2) is 259 Å². The van der Waals surface area contributed by atoms with Crippen molar-refractivity contribution in [2.75, 3.05) is 4.90 Å². The number of fused-ring (bicyclic) bond motifs is 10. The van der Waals surface area contributed by atoms with Gasteiger partial charge in [0, 0.05) is 33.4 Å². The summed E-state index contributed by atoms with van der Waals surface area (Å²) in [5.74, 6) is 1.08. The van der Waals surface area contributed by atoms with Gasteiger partial charge in [0.15, 0.2) is 5.58 Å². The molecule has 1 aliphatic rings. The van der Waals surface area contributed by atoms with Gasteiger partial charge in [-0.15, -0.1) is 0 Å². The van der Waals surface area contributed by atoms with Gasteiger partial charge in [0.1, 0.15) is 22.9 Å². The molecule has 5 heteroatoms. The zero-order chi connectivity index (χ0) is 50.4. The molecule has 76 heavy (non-hydrogen) atoms. The zero-order valence-electron chi connectivity index (χ0n) is 41.5. The minimum Gasteiger partial charge on any atom is -0.456 e. The Bertz CT molecular complexity index is 4660. The Morgan fingerprint density at radius 3 is 1.88 bits per heavy atom. The minimum absolute atomic E-state index is 0.0436. The van der Waals surface area contributed by atoms with Crippen LogP contribution in [0, 0.1) is 12.7 Å². The van der Waals surface area contributed by atoms with Crippen LogP contribution in [0.5, 0.6) is 11.5 Å². The second-order valence-electron chi connectivity index (χ2n) is 20.0. The first kappa shape index (κ1) is 43.8. The van der Waals surface area contributed by atoms with E-state index in [-0.39, 0.29) is 12.5 Å². The molecule has 0 spiro atoms. The Balaban J connectivity index is 0.962. The highest BCUT2D eigenvalue weighted by molar-refractivity contribution is 6.98. The predicted molar refractivity (Wildman–Crippen MR) is 317 cm³/mol. The predicted octanol–water partition coefficient (Wildman–Crippen LogP) is 17.7. The molecule has 15 rings (SSSR count). The first-order valence-electron chi connectivity index (χ1n) is 26.0. The van der Waals surface area contributed by atoms with Crippen LogP contribution >= 0.6 is 0 Å². The fourth-order valence-electron chi connectivity index (χ4n) is 12.3. The van der Waals surface area contributed by atoms with Crippen molar-refractivity contribution < 1.29 is 13.5 Å². The summed E-state index contributed by atoms with van der Waals surface area (Å²) in [7, 11) is 0. The molecule has 0 aliphatic carbocycles. The summed E-state index contributed by atoms with van der Waals surface area (Å²) >= 11 is 0. The van der Waals surface area contributed by atoms with Crippen molar-refractivity contribution in [3.8, 4) is 44.9 Å². The standard InChI is InChI=1S/C71H45BFNO2/c1-44-19-8-14-32-61(44)72(62-33-16-25-46-24-9-10-26-50(46)62)63-43-59-55-30-18-36-67-69(55)60(42-58(59)51-27-11-12-28-52(51)63)54-38-37-49(41-68(54)75-67)74(65-34-17-31-56-53-29-13-15-35-66(53)76-71(56)65)70-57(47-22-6-3-7-23-47)39-48(40-64(70)73)45-20-4-2-5-21-45/h2-43H,1H3. The molecule has 13 aromatic carbocycles. The summed E-state index contributed by atoms with van der Waals surface area (Å²) in [4.78, 5) is 2.02. The van der Waals surface area contributed by atoms with Crippen molar-refractivity contribution in [3.05, 3.63) is 266 Å². The summed E-state index contributed by atoms with van der Waals surface area (Å²) in [6, 6.07) is 88.8. The molecule has 0 saturated heterocycles. The van der Waals surface area contributed by atoms with Crippen LogP contribution in [0.3, 0.4) is 0 Å². The monoisotopic (exact) mass is 973 g/mol. The van der Waals surface area contributed by atoms with Crippen LogP contribution in [-0.4, -0.2) is 6.71 Å². The SMILES string of the molecule is Cc1ccccc1B(c1cccc2ccccc12)c1cc2c3cccc4c3c(cc2c2ccccc12)-c1ccc(N(c2c(F)cc(-c3ccccc3)cc2-c2ccccc2)c2cccc3c2oc2ccccc23)cc1O4. The molecular formula is C71H45BFNO2. The van der Waals surface area contributed by atoms with E-state index in [0.717, 1.165) is 71.9 Å². The van der Waals surface area contributed by atoms with E-state index in [0.29, 0.717) is 22.7 Å². The first-order chi connectivity index (χ1) is 37.5. The Hall–Kier alpha value is -9.71. The van der Waals surface area contributed by atoms with Crippen molar-refractivity contribution in [2.45, 2.75) is 6.92 Å². The van der Waals surface area contributed by atoms with Crippen molar-refractivity contribution in [2.24, 2.45) is 0 Å². The lowest BCUT2D eigenvalue weighted by atomic mass is 9.35. The molecular weight excluding hydrogens is 929 g/mol. The number of ether oxygens (including phenoxy) is 1.